The van der Waals surface area contributed by atoms with Gasteiger partial charge in [0.2, 0.25) is 0 Å². The maximum absolute atomic E-state index is 3.69. The first-order valence-electron chi connectivity index (χ1n) is 5.67. The van der Waals surface area contributed by atoms with Crippen LogP contribution in [0.25, 0.3) is 0 Å². The summed E-state index contributed by atoms with van der Waals surface area (Å²) in [6.45, 7) is 7.33. The van der Waals surface area contributed by atoms with E-state index in [9.17, 15) is 0 Å². The van der Waals surface area contributed by atoms with Crippen molar-refractivity contribution in [2.75, 3.05) is 5.33 Å². The monoisotopic (exact) mass is 244 g/mol. The van der Waals surface area contributed by atoms with Crippen LogP contribution in [-0.2, 0) is 0 Å². The molecule has 1 spiro atoms. The molecule has 2 rings (SSSR count). The van der Waals surface area contributed by atoms with Crippen LogP contribution < -0.4 is 0 Å². The van der Waals surface area contributed by atoms with E-state index in [-0.39, 0.29) is 0 Å². The lowest BCUT2D eigenvalue weighted by Gasteiger charge is -2.21. The van der Waals surface area contributed by atoms with Gasteiger partial charge in [0.1, 0.15) is 0 Å². The number of rotatable bonds is 2. The minimum atomic E-state index is 0.619. The zero-order valence-corrected chi connectivity index (χ0v) is 10.7. The molecular weight excluding hydrogens is 224 g/mol. The Bertz CT molecular complexity index is 201. The highest BCUT2D eigenvalue weighted by Gasteiger charge is 2.72. The van der Waals surface area contributed by atoms with Crippen molar-refractivity contribution < 1.29 is 0 Å². The van der Waals surface area contributed by atoms with Crippen molar-refractivity contribution in [1.29, 1.82) is 0 Å². The standard InChI is InChI=1S/C12H21Br/c1-4-9-6-5-7-12(9)10(8-13)11(12,2)3/h9-10H,4-8H2,1-3H3. The minimum absolute atomic E-state index is 0.619. The number of hydrogen-bond donors (Lipinski definition) is 0. The van der Waals surface area contributed by atoms with E-state index in [0.29, 0.717) is 5.41 Å². The lowest BCUT2D eigenvalue weighted by molar-refractivity contribution is 0.275. The van der Waals surface area contributed by atoms with E-state index in [1.807, 2.05) is 0 Å². The van der Waals surface area contributed by atoms with Gasteiger partial charge in [0.15, 0.2) is 0 Å². The van der Waals surface area contributed by atoms with Crippen molar-refractivity contribution in [2.24, 2.45) is 22.7 Å². The molecule has 0 aliphatic heterocycles. The third-order valence-electron chi connectivity index (χ3n) is 5.13. The van der Waals surface area contributed by atoms with E-state index in [2.05, 4.69) is 36.7 Å². The van der Waals surface area contributed by atoms with Gasteiger partial charge in [0, 0.05) is 5.33 Å². The zero-order chi connectivity index (χ0) is 9.69. The second-order valence-electron chi connectivity index (χ2n) is 5.47. The Morgan fingerprint density at radius 3 is 2.54 bits per heavy atom. The molecule has 0 aromatic heterocycles. The molecule has 2 aliphatic rings. The molecule has 0 N–H and O–H groups in total. The van der Waals surface area contributed by atoms with E-state index in [0.717, 1.165) is 17.3 Å². The van der Waals surface area contributed by atoms with Gasteiger partial charge in [-0.1, -0.05) is 49.5 Å². The van der Waals surface area contributed by atoms with Crippen LogP contribution >= 0.6 is 15.9 Å². The van der Waals surface area contributed by atoms with Crippen LogP contribution in [0.5, 0.6) is 0 Å². The van der Waals surface area contributed by atoms with Crippen molar-refractivity contribution in [3.05, 3.63) is 0 Å². The van der Waals surface area contributed by atoms with Crippen LogP contribution in [0.3, 0.4) is 0 Å². The van der Waals surface area contributed by atoms with E-state index in [1.54, 1.807) is 0 Å². The molecule has 0 bridgehead atoms. The van der Waals surface area contributed by atoms with Gasteiger partial charge in [0.25, 0.3) is 0 Å². The molecule has 0 aromatic rings. The molecular formula is C12H21Br. The number of halogens is 1. The van der Waals surface area contributed by atoms with E-state index in [1.165, 1.54) is 31.0 Å². The molecule has 0 heterocycles. The van der Waals surface area contributed by atoms with E-state index >= 15 is 0 Å². The van der Waals surface area contributed by atoms with E-state index in [4.69, 9.17) is 0 Å². The fourth-order valence-electron chi connectivity index (χ4n) is 4.31. The molecule has 0 amide bonds. The van der Waals surface area contributed by atoms with Crippen molar-refractivity contribution in [2.45, 2.75) is 46.5 Å². The second-order valence-corrected chi connectivity index (χ2v) is 6.11. The fraction of sp³-hybridized carbons (Fsp3) is 1.00. The Kier molecular flexibility index (Phi) is 2.30. The minimum Gasteiger partial charge on any atom is -0.0925 e. The van der Waals surface area contributed by atoms with Crippen molar-refractivity contribution in [1.82, 2.24) is 0 Å². The van der Waals surface area contributed by atoms with Gasteiger partial charge >= 0.3 is 0 Å². The third kappa shape index (κ3) is 1.03. The molecule has 2 fully saturated rings. The van der Waals surface area contributed by atoms with E-state index < -0.39 is 0 Å². The smallest absolute Gasteiger partial charge is 0.00706 e. The van der Waals surface area contributed by atoms with Gasteiger partial charge in [-0.05, 0) is 35.5 Å². The number of alkyl halides is 1. The van der Waals surface area contributed by atoms with Crippen LogP contribution in [-0.4, -0.2) is 5.33 Å². The SMILES string of the molecule is CCC1CCCC12C(CBr)C2(C)C. The predicted octanol–water partition coefficient (Wildman–Crippen LogP) is 4.23. The molecule has 0 radical (unpaired) electrons. The quantitative estimate of drug-likeness (QED) is 0.638. The lowest BCUT2D eigenvalue weighted by Crippen LogP contribution is -2.14. The molecule has 2 aliphatic carbocycles. The summed E-state index contributed by atoms with van der Waals surface area (Å²) in [4.78, 5) is 0. The molecule has 0 nitrogen and oxygen atoms in total. The van der Waals surface area contributed by atoms with Crippen LogP contribution in [0.2, 0.25) is 0 Å². The molecule has 0 saturated heterocycles. The predicted molar refractivity (Wildman–Crippen MR) is 61.1 cm³/mol. The molecule has 13 heavy (non-hydrogen) atoms. The third-order valence-corrected chi connectivity index (χ3v) is 5.78. The summed E-state index contributed by atoms with van der Waals surface area (Å²) in [5, 5.41) is 1.22. The van der Waals surface area contributed by atoms with Crippen molar-refractivity contribution in [3.8, 4) is 0 Å². The van der Waals surface area contributed by atoms with Gasteiger partial charge in [0.05, 0.1) is 0 Å². The average Bonchev–Trinajstić information content (AvgIpc) is 2.48. The highest BCUT2D eigenvalue weighted by molar-refractivity contribution is 9.09. The first kappa shape index (κ1) is 10.0. The highest BCUT2D eigenvalue weighted by atomic mass is 79.9. The average molecular weight is 245 g/mol. The molecule has 3 atom stereocenters. The zero-order valence-electron chi connectivity index (χ0n) is 9.07. The maximum atomic E-state index is 3.69. The van der Waals surface area contributed by atoms with Crippen LogP contribution in [0.4, 0.5) is 0 Å². The Morgan fingerprint density at radius 2 is 2.08 bits per heavy atom. The molecule has 3 unspecified atom stereocenters. The van der Waals surface area contributed by atoms with Gasteiger partial charge in [-0.25, -0.2) is 0 Å². The molecule has 1 heteroatoms. The first-order chi connectivity index (χ1) is 6.11. The summed E-state index contributed by atoms with van der Waals surface area (Å²) in [6, 6.07) is 0. The summed E-state index contributed by atoms with van der Waals surface area (Å²) >= 11 is 3.69. The summed E-state index contributed by atoms with van der Waals surface area (Å²) in [7, 11) is 0. The van der Waals surface area contributed by atoms with Crippen LogP contribution in [0, 0.1) is 22.7 Å². The van der Waals surface area contributed by atoms with Gasteiger partial charge in [-0.2, -0.15) is 0 Å². The Balaban J connectivity index is 2.22. The summed E-state index contributed by atoms with van der Waals surface area (Å²) in [6.07, 6.45) is 5.86. The first-order valence-corrected chi connectivity index (χ1v) is 6.79. The Hall–Kier alpha value is 0.480. The van der Waals surface area contributed by atoms with Gasteiger partial charge in [-0.15, -0.1) is 0 Å². The van der Waals surface area contributed by atoms with Gasteiger partial charge < -0.3 is 0 Å². The maximum Gasteiger partial charge on any atom is 0.00706 e. The summed E-state index contributed by atoms with van der Waals surface area (Å²) in [5.74, 6) is 1.97. The summed E-state index contributed by atoms with van der Waals surface area (Å²) in [5.41, 5.74) is 1.35. The highest BCUT2D eigenvalue weighted by Crippen LogP contribution is 2.78. The number of hydrogen-bond acceptors (Lipinski definition) is 0. The fourth-order valence-corrected chi connectivity index (χ4v) is 5.70. The Morgan fingerprint density at radius 1 is 1.38 bits per heavy atom. The summed E-state index contributed by atoms with van der Waals surface area (Å²) < 4.78 is 0. The van der Waals surface area contributed by atoms with Crippen LogP contribution in [0.15, 0.2) is 0 Å². The van der Waals surface area contributed by atoms with Crippen LogP contribution in [0.1, 0.15) is 46.5 Å². The van der Waals surface area contributed by atoms with Gasteiger partial charge in [-0.3, -0.25) is 0 Å². The van der Waals surface area contributed by atoms with Crippen molar-refractivity contribution in [3.63, 3.8) is 0 Å². The molecule has 2 saturated carbocycles. The molecule has 0 aromatic carbocycles. The normalized spacial score (nSPS) is 47.1. The Labute approximate surface area is 90.6 Å². The lowest BCUT2D eigenvalue weighted by atomic mass is 9.83. The second kappa shape index (κ2) is 2.98. The molecule has 76 valence electrons. The van der Waals surface area contributed by atoms with Crippen molar-refractivity contribution >= 4 is 15.9 Å². The topological polar surface area (TPSA) is 0 Å². The largest absolute Gasteiger partial charge is 0.0925 e.